The third-order valence-electron chi connectivity index (χ3n) is 16.9. The van der Waals surface area contributed by atoms with Gasteiger partial charge >= 0.3 is 18.1 Å². The number of alkyl halides is 2. The summed E-state index contributed by atoms with van der Waals surface area (Å²) in [5.74, 6) is 0.486. The number of nitrogens with one attached hydrogen (secondary N) is 1. The number of fused-ring (bicyclic) bond motifs is 2. The van der Waals surface area contributed by atoms with Crippen molar-refractivity contribution < 1.29 is 52.9 Å². The molecule has 0 spiro atoms. The number of Topliss-reactive ketones (excluding diaryl/α,β-unsaturated/α-hetero) is 3. The Morgan fingerprint density at radius 2 is 0.945 bits per heavy atom. The van der Waals surface area contributed by atoms with Gasteiger partial charge in [0.05, 0.1) is 41.6 Å². The lowest BCUT2D eigenvalue weighted by Crippen LogP contribution is -2.31. The van der Waals surface area contributed by atoms with E-state index >= 15 is 0 Å². The largest absolute Gasteiger partial charge is 0.508 e. The second kappa shape index (κ2) is 57.9. The number of carbonyl (C=O) groups excluding carboxylic acids is 6. The normalized spacial score (nSPS) is 12.4. The summed E-state index contributed by atoms with van der Waals surface area (Å²) in [7, 11) is 0. The second-order valence-corrected chi connectivity index (χ2v) is 39.5. The van der Waals surface area contributed by atoms with Crippen LogP contribution in [0.15, 0.2) is 153 Å². The molecule has 0 atom stereocenters. The lowest BCUT2D eigenvalue weighted by molar-refractivity contribution is -0.146. The van der Waals surface area contributed by atoms with E-state index in [0.717, 1.165) is 109 Å². The second-order valence-electron chi connectivity index (χ2n) is 34.1. The van der Waals surface area contributed by atoms with Crippen LogP contribution in [0.3, 0.4) is 0 Å². The highest BCUT2D eigenvalue weighted by Crippen LogP contribution is 2.32. The van der Waals surface area contributed by atoms with Crippen LogP contribution in [0, 0.1) is 5.41 Å². The molecule has 8 aromatic rings. The number of thioether (sulfide) groups is 2. The Morgan fingerprint density at radius 3 is 1.29 bits per heavy atom. The van der Waals surface area contributed by atoms with Crippen LogP contribution in [0.1, 0.15) is 256 Å². The molecular formula is C92H124Br5N13O13S4. The van der Waals surface area contributed by atoms with E-state index in [1.54, 1.807) is 136 Å². The van der Waals surface area contributed by atoms with Gasteiger partial charge in [0.15, 0.2) is 32.8 Å². The fraction of sp³-hybridized carbons (Fsp3) is 0.467. The number of thiocarbonyl (C=S) groups is 2. The highest BCUT2D eigenvalue weighted by atomic mass is 80.9. The van der Waals surface area contributed by atoms with Gasteiger partial charge in [0.25, 0.3) is 11.1 Å². The van der Waals surface area contributed by atoms with Crippen LogP contribution in [0.2, 0.25) is 0 Å². The number of ether oxygens (including phenoxy) is 3. The van der Waals surface area contributed by atoms with E-state index in [4.69, 9.17) is 22.1 Å². The Labute approximate surface area is 808 Å². The molecule has 0 saturated carbocycles. The predicted octanol–water partition coefficient (Wildman–Crippen LogP) is 21.3. The van der Waals surface area contributed by atoms with Gasteiger partial charge in [0.2, 0.25) is 5.91 Å². The molecule has 0 bridgehead atoms. The van der Waals surface area contributed by atoms with E-state index in [-0.39, 0.29) is 79.6 Å². The Balaban J connectivity index is 0.000000730. The van der Waals surface area contributed by atoms with E-state index < -0.39 is 23.5 Å². The monoisotopic (exact) mass is 2140 g/mol. The van der Waals surface area contributed by atoms with Crippen molar-refractivity contribution in [1.82, 2.24) is 54.3 Å². The molecule has 0 unspecified atom stereocenters. The first-order valence-electron chi connectivity index (χ1n) is 40.7. The summed E-state index contributed by atoms with van der Waals surface area (Å²) in [5, 5.41) is 14.7. The van der Waals surface area contributed by atoms with Gasteiger partial charge in [-0.3, -0.25) is 77.4 Å². The van der Waals surface area contributed by atoms with Crippen LogP contribution in [0.4, 0.5) is 4.79 Å². The number of amides is 1. The summed E-state index contributed by atoms with van der Waals surface area (Å²) >= 11 is 27.9. The van der Waals surface area contributed by atoms with Crippen LogP contribution in [0.5, 0.6) is 0 Å². The van der Waals surface area contributed by atoms with Gasteiger partial charge in [-0.05, 0) is 181 Å². The van der Waals surface area contributed by atoms with Gasteiger partial charge in [0.1, 0.15) is 10.9 Å². The summed E-state index contributed by atoms with van der Waals surface area (Å²) in [5.41, 5.74) is 20.6. The number of carboxylic acids is 1. The maximum absolute atomic E-state index is 12.5. The molecule has 0 aliphatic carbocycles. The number of aromatic nitrogens is 10. The third-order valence-corrected chi connectivity index (χ3v) is 21.1. The van der Waals surface area contributed by atoms with Crippen molar-refractivity contribution in [2.45, 2.75) is 242 Å². The minimum atomic E-state index is -0.757. The number of nitrogens with two attached hydrogens (primary N) is 2. The van der Waals surface area contributed by atoms with Gasteiger partial charge < -0.3 is 36.1 Å². The highest BCUT2D eigenvalue weighted by Gasteiger charge is 2.25. The van der Waals surface area contributed by atoms with E-state index in [2.05, 4.69) is 258 Å². The topological polar surface area (TPSA) is 379 Å². The number of esters is 1. The maximum Gasteiger partial charge on any atom is 0.508 e. The third kappa shape index (κ3) is 45.4. The first kappa shape index (κ1) is 117. The molecule has 26 nitrogen and oxygen atoms in total. The van der Waals surface area contributed by atoms with E-state index in [1.165, 1.54) is 19.5 Å². The molecule has 3 aliphatic heterocycles. The fourth-order valence-electron chi connectivity index (χ4n) is 9.90. The Bertz CT molecular complexity index is 4980. The molecule has 6 N–H and O–H groups in total. The fourth-order valence-corrected chi connectivity index (χ4v) is 13.9. The summed E-state index contributed by atoms with van der Waals surface area (Å²) in [6, 6.07) is 24.4. The van der Waals surface area contributed by atoms with E-state index in [0.29, 0.717) is 57.2 Å². The highest BCUT2D eigenvalue weighted by molar-refractivity contribution is 9.93. The minimum Gasteiger partial charge on any atom is -0.481 e. The average molecular weight is 2150 g/mol. The molecule has 11 rings (SSSR count). The Morgan fingerprint density at radius 1 is 0.551 bits per heavy atom. The first-order valence-corrected chi connectivity index (χ1v) is 50.2. The van der Waals surface area contributed by atoms with Crippen LogP contribution in [0.25, 0.3) is 28.1 Å². The van der Waals surface area contributed by atoms with Crippen molar-refractivity contribution in [3.05, 3.63) is 204 Å². The lowest BCUT2D eigenvalue weighted by atomic mass is 9.91. The molecule has 694 valence electrons. The molecule has 8 aromatic heterocycles. The quantitative estimate of drug-likeness (QED) is 0.0208. The van der Waals surface area contributed by atoms with Gasteiger partial charge in [0, 0.05) is 209 Å². The molecule has 11 heterocycles. The Hall–Kier alpha value is -8.03. The molecule has 0 aromatic carbocycles. The van der Waals surface area contributed by atoms with Gasteiger partial charge in [-0.2, -0.15) is 0 Å². The number of halogens is 5. The molecule has 0 fully saturated rings. The molecule has 3 aliphatic rings. The van der Waals surface area contributed by atoms with Crippen molar-refractivity contribution in [2.75, 3.05) is 42.0 Å². The predicted molar refractivity (Wildman–Crippen MR) is 538 cm³/mol. The number of carboxylic acid groups (broad SMARTS) is 1. The minimum absolute atomic E-state index is 0.000000000000000222. The standard InChI is InChI=1S/C16H18BrN3OS.C16H19N3OS.C14H16N2OS.C14H19NO3.C11H15NO.C7H7NO.C5H10O3.C5H10O2.C3H6Br2.CH4N2S.Br2/c1-16(2,3)11-6-5-10(9-18-11)13-12(17)14(21)20-7-4-8-22-15(20)19-13;1-16(2,3)13-6-5-11(10-17-13)12-9-14(20)19-7-4-8-21-15(19)18-12;1-14(2,3)11-5-4-9(8-15-11)10-6-12(17)16-13(18)7-10;1-5-18-13(17)8-11(16)10-6-7-12(15-9-10)14(2,3)4;1-8(13)9-5-6-10(12-7-9)11(2,3)4;1-6(9)7-3-2-4-8-5-7;1-3-7-5(6)8-4-2;1-5(2,3)4(6)7;4-2-1-3-5;2-1(3)4;1-2/h5-6,9H,4,7-8H2,1-3H3;5-6,9-10H,4,7-8H2,1-3H3;4-6,8H,7H2,1-3H3,(H,16,17,18);6-7,9H,5,8H2,1-4H3;5-7H,1-4H3;2-5H,1H3;3-4H2,1-2H3;1-3H3,(H,6,7);1-3H2;(H4,2,3,4);. The van der Waals surface area contributed by atoms with Crippen molar-refractivity contribution >= 4 is 181 Å². The molecule has 127 heavy (non-hydrogen) atoms. The van der Waals surface area contributed by atoms with Crippen molar-refractivity contribution in [3.63, 3.8) is 0 Å². The number of pyridine rings is 6. The summed E-state index contributed by atoms with van der Waals surface area (Å²) in [6.07, 6.45) is 16.4. The zero-order valence-corrected chi connectivity index (χ0v) is 88.2. The lowest BCUT2D eigenvalue weighted by Gasteiger charge is -2.19. The first-order chi connectivity index (χ1) is 59.1. The number of ketones is 3. The number of hydrogen-bond donors (Lipinski definition) is 4. The molecular weight excluding hydrogens is 2020 g/mol. The van der Waals surface area contributed by atoms with E-state index in [9.17, 15) is 43.2 Å². The summed E-state index contributed by atoms with van der Waals surface area (Å²) < 4.78 is 17.6. The van der Waals surface area contributed by atoms with Gasteiger partial charge in [-0.1, -0.05) is 178 Å². The Kier molecular flexibility index (Phi) is 53.3. The number of hydrogen-bond acceptors (Lipinski definition) is 24. The van der Waals surface area contributed by atoms with Crippen molar-refractivity contribution in [3.8, 4) is 22.5 Å². The zero-order valence-electron chi connectivity index (χ0n) is 77.0. The maximum atomic E-state index is 12.5. The van der Waals surface area contributed by atoms with Crippen LogP contribution >= 0.6 is 124 Å². The van der Waals surface area contributed by atoms with Crippen LogP contribution in [-0.4, -0.2) is 148 Å². The summed E-state index contributed by atoms with van der Waals surface area (Å²) in [4.78, 5) is 136. The number of rotatable bonds is 13. The van der Waals surface area contributed by atoms with Gasteiger partial charge in [-0.25, -0.2) is 14.8 Å². The SMILES string of the molecule is BrBr.BrCCCBr.CC(=O)c1ccc(C(C)(C)C)nc1.CC(=O)c1cccnc1.CC(C)(C)C(=O)O.CC(C)(C)c1ccc(-c2cc(=O)n3c(n2)SCCC3)cn1.CC(C)(C)c1ccc(-c2nc3n(c(=O)c2Br)CCCS3)cn1.CC(C)(C)c1ccc(C2=CC(=O)NC(=S)C2)cn1.CCOC(=O)CC(=O)c1ccc(C(C)(C)C)nc1.CCOC(=O)OCC.NC(N)=S. The van der Waals surface area contributed by atoms with E-state index in [1.807, 2.05) is 67.0 Å². The average Bonchev–Trinajstić information content (AvgIpc) is 0.778. The number of nitrogens with zero attached hydrogens (tertiary/aromatic N) is 10. The molecule has 1 amide bonds. The van der Waals surface area contributed by atoms with Crippen molar-refractivity contribution in [1.29, 1.82) is 0 Å². The smallest absolute Gasteiger partial charge is 0.481 e. The van der Waals surface area contributed by atoms with Crippen LogP contribution < -0.4 is 27.9 Å². The number of aliphatic carboxylic acids is 1. The van der Waals surface area contributed by atoms with Crippen molar-refractivity contribution in [2.24, 2.45) is 16.9 Å². The summed E-state index contributed by atoms with van der Waals surface area (Å²) in [6.45, 7) is 47.4. The zero-order chi connectivity index (χ0) is 97.0. The van der Waals surface area contributed by atoms with Crippen LogP contribution in [-0.2, 0) is 68.8 Å². The number of carbonyl (C=O) groups is 7. The molecule has 0 saturated heterocycles. The molecule has 35 heteroatoms. The van der Waals surface area contributed by atoms with Gasteiger partial charge in [-0.15, -0.1) is 0 Å². The molecule has 0 radical (unpaired) electrons.